The number of carbonyl (C=O) groups excluding carboxylic acids is 1. The fourth-order valence-electron chi connectivity index (χ4n) is 2.68. The quantitative estimate of drug-likeness (QED) is 0.424. The number of oxazole rings is 1. The van der Waals surface area contributed by atoms with E-state index in [9.17, 15) is 9.18 Å². The topological polar surface area (TPSA) is 64.4 Å². The van der Waals surface area contributed by atoms with Crippen molar-refractivity contribution in [3.63, 3.8) is 0 Å². The van der Waals surface area contributed by atoms with Gasteiger partial charge >= 0.3 is 0 Å². The van der Waals surface area contributed by atoms with Crippen LogP contribution in [-0.2, 0) is 4.79 Å². The summed E-state index contributed by atoms with van der Waals surface area (Å²) in [5.74, 6) is -0.0932. The average molecular weight is 431 g/mol. The molecule has 0 aliphatic carbocycles. The first-order chi connectivity index (χ1) is 14.0. The van der Waals surface area contributed by atoms with E-state index in [1.807, 2.05) is 0 Å². The highest BCUT2D eigenvalue weighted by atomic mass is 35.5. The molecular weight excluding hydrogens is 418 g/mol. The Balaban J connectivity index is 1.46. The van der Waals surface area contributed by atoms with Crippen LogP contribution in [0.15, 0.2) is 65.1 Å². The lowest BCUT2D eigenvalue weighted by Crippen LogP contribution is -2.20. The molecule has 0 saturated carbocycles. The number of aromatic nitrogens is 1. The number of nitrogens with one attached hydrogen (secondary N) is 1. The standard InChI is InChI=1S/C21H13Cl2FN2O3/c22-13-4-6-18(16(23)9-13)28-11-20(27)25-15-5-7-19-17(10-15)26-21(29-19)12-2-1-3-14(24)8-12/h1-10H,11H2,(H,25,27). The summed E-state index contributed by atoms with van der Waals surface area (Å²) < 4.78 is 24.5. The Labute approximate surface area is 175 Å². The molecule has 0 spiro atoms. The summed E-state index contributed by atoms with van der Waals surface area (Å²) in [6, 6.07) is 15.7. The van der Waals surface area contributed by atoms with Crippen molar-refractivity contribution >= 4 is 45.9 Å². The van der Waals surface area contributed by atoms with Crippen LogP contribution in [0.1, 0.15) is 0 Å². The van der Waals surface area contributed by atoms with Crippen LogP contribution in [0.25, 0.3) is 22.6 Å². The molecule has 8 heteroatoms. The van der Waals surface area contributed by atoms with Crippen LogP contribution in [0, 0.1) is 5.82 Å². The van der Waals surface area contributed by atoms with E-state index >= 15 is 0 Å². The molecule has 0 radical (unpaired) electrons. The second-order valence-electron chi connectivity index (χ2n) is 6.12. The van der Waals surface area contributed by atoms with Crippen LogP contribution >= 0.6 is 23.2 Å². The van der Waals surface area contributed by atoms with Crippen LogP contribution in [0.4, 0.5) is 10.1 Å². The van der Waals surface area contributed by atoms with E-state index in [2.05, 4.69) is 10.3 Å². The van der Waals surface area contributed by atoms with E-state index in [4.69, 9.17) is 32.4 Å². The molecule has 1 heterocycles. The normalized spacial score (nSPS) is 10.9. The molecule has 1 amide bonds. The number of ether oxygens (including phenoxy) is 1. The first-order valence-corrected chi connectivity index (χ1v) is 9.28. The second kappa shape index (κ2) is 8.11. The Morgan fingerprint density at radius 1 is 1.10 bits per heavy atom. The largest absolute Gasteiger partial charge is 0.482 e. The number of halogens is 3. The van der Waals surface area contributed by atoms with Gasteiger partial charge < -0.3 is 14.5 Å². The Kier molecular flexibility index (Phi) is 5.38. The molecule has 1 aromatic heterocycles. The molecule has 0 aliphatic heterocycles. The summed E-state index contributed by atoms with van der Waals surface area (Å²) in [6.07, 6.45) is 0. The van der Waals surface area contributed by atoms with E-state index in [1.165, 1.54) is 18.2 Å². The number of carbonyl (C=O) groups is 1. The van der Waals surface area contributed by atoms with Crippen LogP contribution in [-0.4, -0.2) is 17.5 Å². The van der Waals surface area contributed by atoms with Crippen molar-refractivity contribution in [2.24, 2.45) is 0 Å². The van der Waals surface area contributed by atoms with E-state index in [0.717, 1.165) is 0 Å². The van der Waals surface area contributed by atoms with Gasteiger partial charge in [0.15, 0.2) is 12.2 Å². The second-order valence-corrected chi connectivity index (χ2v) is 6.97. The number of anilines is 1. The summed E-state index contributed by atoms with van der Waals surface area (Å²) in [5, 5.41) is 3.51. The minimum atomic E-state index is -0.376. The van der Waals surface area contributed by atoms with E-state index in [0.29, 0.717) is 44.0 Å². The molecule has 4 rings (SSSR count). The summed E-state index contributed by atoms with van der Waals surface area (Å²) in [4.78, 5) is 16.5. The van der Waals surface area contributed by atoms with Gasteiger partial charge in [-0.3, -0.25) is 4.79 Å². The predicted octanol–water partition coefficient (Wildman–Crippen LogP) is 5.96. The third kappa shape index (κ3) is 4.50. The van der Waals surface area contributed by atoms with E-state index < -0.39 is 0 Å². The smallest absolute Gasteiger partial charge is 0.262 e. The molecule has 3 aromatic carbocycles. The summed E-state index contributed by atoms with van der Waals surface area (Å²) in [5.41, 5.74) is 2.10. The van der Waals surface area contributed by atoms with Crippen LogP contribution < -0.4 is 10.1 Å². The van der Waals surface area contributed by atoms with Crippen molar-refractivity contribution in [1.29, 1.82) is 0 Å². The molecule has 0 fully saturated rings. The van der Waals surface area contributed by atoms with Crippen molar-refractivity contribution in [2.75, 3.05) is 11.9 Å². The van der Waals surface area contributed by atoms with Crippen molar-refractivity contribution in [3.05, 3.63) is 76.5 Å². The maximum absolute atomic E-state index is 13.4. The highest BCUT2D eigenvalue weighted by molar-refractivity contribution is 6.35. The van der Waals surface area contributed by atoms with Crippen molar-refractivity contribution < 1.29 is 18.3 Å². The van der Waals surface area contributed by atoms with Gasteiger partial charge in [0, 0.05) is 16.3 Å². The lowest BCUT2D eigenvalue weighted by molar-refractivity contribution is -0.118. The predicted molar refractivity (Wildman–Crippen MR) is 110 cm³/mol. The monoisotopic (exact) mass is 430 g/mol. The summed E-state index contributed by atoms with van der Waals surface area (Å²) >= 11 is 11.8. The van der Waals surface area contributed by atoms with Crippen molar-refractivity contribution in [2.45, 2.75) is 0 Å². The highest BCUT2D eigenvalue weighted by Gasteiger charge is 2.11. The zero-order valence-electron chi connectivity index (χ0n) is 14.8. The molecule has 0 bridgehead atoms. The van der Waals surface area contributed by atoms with Gasteiger partial charge in [0.25, 0.3) is 5.91 Å². The fourth-order valence-corrected chi connectivity index (χ4v) is 3.15. The molecule has 29 heavy (non-hydrogen) atoms. The van der Waals surface area contributed by atoms with Gasteiger partial charge in [-0.15, -0.1) is 0 Å². The van der Waals surface area contributed by atoms with Crippen molar-refractivity contribution in [3.8, 4) is 17.2 Å². The third-order valence-corrected chi connectivity index (χ3v) is 4.53. The molecule has 0 atom stereocenters. The van der Waals surface area contributed by atoms with E-state index in [1.54, 1.807) is 42.5 Å². The Hall–Kier alpha value is -3.09. The molecular formula is C21H13Cl2FN2O3. The van der Waals surface area contributed by atoms with Gasteiger partial charge in [0.2, 0.25) is 5.89 Å². The van der Waals surface area contributed by atoms with Crippen LogP contribution in [0.3, 0.4) is 0 Å². The number of rotatable bonds is 5. The maximum Gasteiger partial charge on any atom is 0.262 e. The molecule has 0 aliphatic rings. The SMILES string of the molecule is O=C(COc1ccc(Cl)cc1Cl)Nc1ccc2oc(-c3cccc(F)c3)nc2c1. The van der Waals surface area contributed by atoms with Gasteiger partial charge in [-0.25, -0.2) is 9.37 Å². The van der Waals surface area contributed by atoms with Gasteiger partial charge in [0.1, 0.15) is 17.1 Å². The van der Waals surface area contributed by atoms with Crippen LogP contribution in [0.2, 0.25) is 10.0 Å². The average Bonchev–Trinajstić information content (AvgIpc) is 3.11. The first-order valence-electron chi connectivity index (χ1n) is 8.52. The van der Waals surface area contributed by atoms with Gasteiger partial charge in [-0.2, -0.15) is 0 Å². The number of hydrogen-bond acceptors (Lipinski definition) is 4. The Morgan fingerprint density at radius 3 is 2.76 bits per heavy atom. The number of hydrogen-bond donors (Lipinski definition) is 1. The Bertz CT molecular complexity index is 1210. The molecule has 4 aromatic rings. The van der Waals surface area contributed by atoms with E-state index in [-0.39, 0.29) is 18.3 Å². The number of fused-ring (bicyclic) bond motifs is 1. The van der Waals surface area contributed by atoms with Gasteiger partial charge in [0.05, 0.1) is 5.02 Å². The van der Waals surface area contributed by atoms with Gasteiger partial charge in [-0.1, -0.05) is 29.3 Å². The minimum Gasteiger partial charge on any atom is -0.482 e. The third-order valence-electron chi connectivity index (χ3n) is 4.00. The molecule has 146 valence electrons. The highest BCUT2D eigenvalue weighted by Crippen LogP contribution is 2.28. The molecule has 5 nitrogen and oxygen atoms in total. The minimum absolute atomic E-state index is 0.229. The number of benzene rings is 3. The summed E-state index contributed by atoms with van der Waals surface area (Å²) in [6.45, 7) is -0.229. The first kappa shape index (κ1) is 19.2. The Morgan fingerprint density at radius 2 is 1.97 bits per heavy atom. The maximum atomic E-state index is 13.4. The zero-order valence-corrected chi connectivity index (χ0v) is 16.3. The van der Waals surface area contributed by atoms with Gasteiger partial charge in [-0.05, 0) is 54.6 Å². The summed E-state index contributed by atoms with van der Waals surface area (Å²) in [7, 11) is 0. The molecule has 0 saturated heterocycles. The fraction of sp³-hybridized carbons (Fsp3) is 0.0476. The van der Waals surface area contributed by atoms with Crippen LogP contribution in [0.5, 0.6) is 5.75 Å². The lowest BCUT2D eigenvalue weighted by atomic mass is 10.2. The molecule has 0 unspecified atom stereocenters. The lowest BCUT2D eigenvalue weighted by Gasteiger charge is -2.09. The number of nitrogens with zero attached hydrogens (tertiary/aromatic N) is 1. The zero-order chi connectivity index (χ0) is 20.4. The van der Waals surface area contributed by atoms with Crippen molar-refractivity contribution in [1.82, 2.24) is 4.98 Å². The molecule has 1 N–H and O–H groups in total. The number of amides is 1.